The van der Waals surface area contributed by atoms with Crippen molar-refractivity contribution in [1.29, 1.82) is 0 Å². The smallest absolute Gasteiger partial charge is 0.251 e. The standard InChI is InChI=1S/C19H19FN2O2/c1-12(23)13-7-8-16-15(11-13)18-14(19(24)21-2)5-3-6-17(18)22(16)10-4-9-20/h3,5-8,11H,4,9-10H2,1-2H3,(H,21,24). The normalized spacial score (nSPS) is 11.1. The molecule has 0 saturated carbocycles. The number of aryl methyl sites for hydroxylation is 1. The van der Waals surface area contributed by atoms with Crippen molar-refractivity contribution < 1.29 is 14.0 Å². The maximum absolute atomic E-state index is 12.7. The highest BCUT2D eigenvalue weighted by Gasteiger charge is 2.17. The number of ketones is 1. The minimum Gasteiger partial charge on any atom is -0.355 e. The molecule has 124 valence electrons. The highest BCUT2D eigenvalue weighted by molar-refractivity contribution is 6.19. The van der Waals surface area contributed by atoms with Crippen LogP contribution in [0.1, 0.15) is 34.1 Å². The van der Waals surface area contributed by atoms with Crippen molar-refractivity contribution in [1.82, 2.24) is 9.88 Å². The highest BCUT2D eigenvalue weighted by Crippen LogP contribution is 2.32. The van der Waals surface area contributed by atoms with Crippen molar-refractivity contribution in [2.45, 2.75) is 19.9 Å². The zero-order chi connectivity index (χ0) is 17.3. The van der Waals surface area contributed by atoms with Crippen LogP contribution in [0.25, 0.3) is 21.8 Å². The number of hydrogen-bond acceptors (Lipinski definition) is 2. The van der Waals surface area contributed by atoms with Gasteiger partial charge >= 0.3 is 0 Å². The molecule has 4 nitrogen and oxygen atoms in total. The van der Waals surface area contributed by atoms with Gasteiger partial charge in [-0.25, -0.2) is 0 Å². The summed E-state index contributed by atoms with van der Waals surface area (Å²) in [6.07, 6.45) is 0.400. The van der Waals surface area contributed by atoms with E-state index in [1.807, 2.05) is 28.8 Å². The van der Waals surface area contributed by atoms with Gasteiger partial charge in [0.15, 0.2) is 5.78 Å². The lowest BCUT2D eigenvalue weighted by Crippen LogP contribution is -2.17. The SMILES string of the molecule is CNC(=O)c1cccc2c1c1cc(C(C)=O)ccc1n2CCCF. The maximum Gasteiger partial charge on any atom is 0.251 e. The third kappa shape index (κ3) is 2.56. The van der Waals surface area contributed by atoms with Gasteiger partial charge in [0.2, 0.25) is 0 Å². The van der Waals surface area contributed by atoms with Crippen molar-refractivity contribution in [3.05, 3.63) is 47.5 Å². The van der Waals surface area contributed by atoms with Gasteiger partial charge in [-0.05, 0) is 43.7 Å². The van der Waals surface area contributed by atoms with Crippen LogP contribution in [0, 0.1) is 0 Å². The Bertz CT molecular complexity index is 943. The number of nitrogens with one attached hydrogen (secondary N) is 1. The van der Waals surface area contributed by atoms with Gasteiger partial charge in [0.05, 0.1) is 6.67 Å². The van der Waals surface area contributed by atoms with Crippen LogP contribution in [-0.2, 0) is 6.54 Å². The molecule has 1 aromatic heterocycles. The Labute approximate surface area is 139 Å². The first-order valence-corrected chi connectivity index (χ1v) is 7.92. The highest BCUT2D eigenvalue weighted by atomic mass is 19.1. The Hall–Kier alpha value is -2.69. The van der Waals surface area contributed by atoms with Gasteiger partial charge < -0.3 is 9.88 Å². The topological polar surface area (TPSA) is 51.1 Å². The fourth-order valence-corrected chi connectivity index (χ4v) is 3.15. The molecule has 0 saturated heterocycles. The van der Waals surface area contributed by atoms with Gasteiger partial charge in [0.25, 0.3) is 5.91 Å². The van der Waals surface area contributed by atoms with E-state index >= 15 is 0 Å². The number of benzene rings is 2. The Balaban J connectivity index is 2.41. The molecule has 0 fully saturated rings. The molecule has 0 aliphatic carbocycles. The molecule has 0 unspecified atom stereocenters. The lowest BCUT2D eigenvalue weighted by Gasteiger charge is -2.06. The van der Waals surface area contributed by atoms with Crippen molar-refractivity contribution in [2.75, 3.05) is 13.7 Å². The molecule has 0 atom stereocenters. The molecule has 1 N–H and O–H groups in total. The van der Waals surface area contributed by atoms with E-state index in [1.54, 1.807) is 19.2 Å². The molecule has 3 aromatic rings. The van der Waals surface area contributed by atoms with E-state index in [9.17, 15) is 14.0 Å². The van der Waals surface area contributed by atoms with E-state index in [2.05, 4.69) is 5.32 Å². The fraction of sp³-hybridized carbons (Fsp3) is 0.263. The monoisotopic (exact) mass is 326 g/mol. The summed E-state index contributed by atoms with van der Waals surface area (Å²) in [6, 6.07) is 11.0. The maximum atomic E-state index is 12.7. The van der Waals surface area contributed by atoms with E-state index in [0.29, 0.717) is 24.1 Å². The van der Waals surface area contributed by atoms with Crippen LogP contribution in [0.3, 0.4) is 0 Å². The molecule has 0 aliphatic rings. The first kappa shape index (κ1) is 16.2. The van der Waals surface area contributed by atoms with Crippen molar-refractivity contribution in [3.63, 3.8) is 0 Å². The molecular weight excluding hydrogens is 307 g/mol. The minimum atomic E-state index is -0.401. The third-order valence-corrected chi connectivity index (χ3v) is 4.28. The molecule has 1 amide bonds. The quantitative estimate of drug-likeness (QED) is 0.727. The molecular formula is C19H19FN2O2. The number of amides is 1. The Morgan fingerprint density at radius 2 is 1.96 bits per heavy atom. The molecule has 3 rings (SSSR count). The number of hydrogen-bond donors (Lipinski definition) is 1. The van der Waals surface area contributed by atoms with Crippen molar-refractivity contribution in [3.8, 4) is 0 Å². The Kier molecular flexibility index (Phi) is 4.34. The van der Waals surface area contributed by atoms with Gasteiger partial charge in [-0.15, -0.1) is 0 Å². The van der Waals surface area contributed by atoms with Gasteiger partial charge in [0.1, 0.15) is 0 Å². The summed E-state index contributed by atoms with van der Waals surface area (Å²) in [5.41, 5.74) is 2.93. The van der Waals surface area contributed by atoms with E-state index in [4.69, 9.17) is 0 Å². The predicted molar refractivity (Wildman–Crippen MR) is 93.4 cm³/mol. The number of fused-ring (bicyclic) bond motifs is 3. The summed E-state index contributed by atoms with van der Waals surface area (Å²) in [4.78, 5) is 24.0. The molecule has 0 spiro atoms. The summed E-state index contributed by atoms with van der Waals surface area (Å²) < 4.78 is 14.7. The van der Waals surface area contributed by atoms with Crippen LogP contribution in [-0.4, -0.2) is 30.0 Å². The molecule has 24 heavy (non-hydrogen) atoms. The summed E-state index contributed by atoms with van der Waals surface area (Å²) in [6.45, 7) is 1.64. The molecule has 1 heterocycles. The predicted octanol–water partition coefficient (Wildman–Crippen LogP) is 3.72. The number of halogens is 1. The summed E-state index contributed by atoms with van der Waals surface area (Å²) in [7, 11) is 1.59. The van der Waals surface area contributed by atoms with Crippen LogP contribution >= 0.6 is 0 Å². The second-order valence-corrected chi connectivity index (χ2v) is 5.76. The number of carbonyl (C=O) groups excluding carboxylic acids is 2. The molecule has 5 heteroatoms. The first-order chi connectivity index (χ1) is 11.6. The molecule has 2 aromatic carbocycles. The van der Waals surface area contributed by atoms with Crippen LogP contribution < -0.4 is 5.32 Å². The Morgan fingerprint density at radius 1 is 1.17 bits per heavy atom. The number of rotatable bonds is 5. The number of carbonyl (C=O) groups is 2. The van der Waals surface area contributed by atoms with Gasteiger partial charge in [0, 0.05) is 46.5 Å². The van der Waals surface area contributed by atoms with E-state index in [0.717, 1.165) is 21.8 Å². The lowest BCUT2D eigenvalue weighted by molar-refractivity contribution is 0.0963. The average Bonchev–Trinajstić information content (AvgIpc) is 2.92. The second kappa shape index (κ2) is 6.43. The van der Waals surface area contributed by atoms with E-state index in [-0.39, 0.29) is 11.7 Å². The van der Waals surface area contributed by atoms with E-state index in [1.165, 1.54) is 6.92 Å². The van der Waals surface area contributed by atoms with E-state index < -0.39 is 6.67 Å². The minimum absolute atomic E-state index is 0.0287. The van der Waals surface area contributed by atoms with Crippen molar-refractivity contribution in [2.24, 2.45) is 0 Å². The summed E-state index contributed by atoms with van der Waals surface area (Å²) >= 11 is 0. The molecule has 0 radical (unpaired) electrons. The fourth-order valence-electron chi connectivity index (χ4n) is 3.15. The Morgan fingerprint density at radius 3 is 2.62 bits per heavy atom. The molecule has 0 bridgehead atoms. The average molecular weight is 326 g/mol. The first-order valence-electron chi connectivity index (χ1n) is 7.92. The zero-order valence-corrected chi connectivity index (χ0v) is 13.7. The summed E-state index contributed by atoms with van der Waals surface area (Å²) in [5.74, 6) is -0.211. The second-order valence-electron chi connectivity index (χ2n) is 5.76. The van der Waals surface area contributed by atoms with Crippen LogP contribution in [0.4, 0.5) is 4.39 Å². The molecule has 0 aliphatic heterocycles. The van der Waals surface area contributed by atoms with Gasteiger partial charge in [-0.3, -0.25) is 14.0 Å². The largest absolute Gasteiger partial charge is 0.355 e. The van der Waals surface area contributed by atoms with Crippen molar-refractivity contribution >= 4 is 33.5 Å². The lowest BCUT2D eigenvalue weighted by atomic mass is 10.0. The number of nitrogens with zero attached hydrogens (tertiary/aromatic N) is 1. The zero-order valence-electron chi connectivity index (χ0n) is 13.7. The van der Waals surface area contributed by atoms with Crippen LogP contribution in [0.15, 0.2) is 36.4 Å². The van der Waals surface area contributed by atoms with Gasteiger partial charge in [-0.1, -0.05) is 6.07 Å². The number of Topliss-reactive ketones (excluding diaryl/α,β-unsaturated/α-hetero) is 1. The van der Waals surface area contributed by atoms with Crippen LogP contribution in [0.5, 0.6) is 0 Å². The number of alkyl halides is 1. The third-order valence-electron chi connectivity index (χ3n) is 4.28. The summed E-state index contributed by atoms with van der Waals surface area (Å²) in [5, 5.41) is 4.30. The van der Waals surface area contributed by atoms with Crippen LogP contribution in [0.2, 0.25) is 0 Å². The number of aromatic nitrogens is 1. The van der Waals surface area contributed by atoms with Gasteiger partial charge in [-0.2, -0.15) is 0 Å².